The lowest BCUT2D eigenvalue weighted by atomic mass is 9.90. The molecule has 2 heterocycles. The number of esters is 1. The molecule has 0 bridgehead atoms. The minimum absolute atomic E-state index is 0.190. The summed E-state index contributed by atoms with van der Waals surface area (Å²) < 4.78 is 10.7. The van der Waals surface area contributed by atoms with Crippen LogP contribution in [0.5, 0.6) is 0 Å². The Morgan fingerprint density at radius 2 is 1.81 bits per heavy atom. The molecule has 0 spiro atoms. The van der Waals surface area contributed by atoms with Crippen molar-refractivity contribution < 1.29 is 23.8 Å². The SMILES string of the molecule is Cc1ccc(-c2c(CN)c(CC(C)C)nc(C)c2C(=O)OCc2ccc(C(=O)O)o2)cc1. The number of furan rings is 1. The van der Waals surface area contributed by atoms with Gasteiger partial charge in [0.2, 0.25) is 5.76 Å². The number of nitrogens with zero attached hydrogens (tertiary/aromatic N) is 1. The third-order valence-corrected chi connectivity index (χ3v) is 5.13. The normalized spacial score (nSPS) is 11.1. The van der Waals surface area contributed by atoms with Gasteiger partial charge in [-0.15, -0.1) is 0 Å². The van der Waals surface area contributed by atoms with Gasteiger partial charge in [0.25, 0.3) is 0 Å². The molecular formula is C25H28N2O5. The number of hydrogen-bond donors (Lipinski definition) is 2. The predicted octanol–water partition coefficient (Wildman–Crippen LogP) is 4.67. The lowest BCUT2D eigenvalue weighted by molar-refractivity contribution is 0.0441. The van der Waals surface area contributed by atoms with E-state index in [1.54, 1.807) is 6.92 Å². The second-order valence-corrected chi connectivity index (χ2v) is 8.19. The first-order chi connectivity index (χ1) is 15.2. The van der Waals surface area contributed by atoms with Crippen LogP contribution >= 0.6 is 0 Å². The molecule has 0 aliphatic carbocycles. The Labute approximate surface area is 187 Å². The Balaban J connectivity index is 2.05. The monoisotopic (exact) mass is 436 g/mol. The van der Waals surface area contributed by atoms with Crippen LogP contribution in [0.2, 0.25) is 0 Å². The number of carboxylic acids is 1. The van der Waals surface area contributed by atoms with Gasteiger partial charge in [-0.3, -0.25) is 4.98 Å². The van der Waals surface area contributed by atoms with Crippen molar-refractivity contribution in [2.45, 2.75) is 47.3 Å². The third kappa shape index (κ3) is 5.06. The average molecular weight is 437 g/mol. The fourth-order valence-electron chi connectivity index (χ4n) is 3.65. The predicted molar refractivity (Wildman–Crippen MR) is 120 cm³/mol. The Morgan fingerprint density at radius 1 is 1.12 bits per heavy atom. The third-order valence-electron chi connectivity index (χ3n) is 5.13. The van der Waals surface area contributed by atoms with Crippen LogP contribution in [0.25, 0.3) is 11.1 Å². The first-order valence-electron chi connectivity index (χ1n) is 10.5. The number of aromatic nitrogens is 1. The van der Waals surface area contributed by atoms with Gasteiger partial charge in [0.05, 0.1) is 11.3 Å². The fourth-order valence-corrected chi connectivity index (χ4v) is 3.65. The lowest BCUT2D eigenvalue weighted by Gasteiger charge is -2.20. The van der Waals surface area contributed by atoms with Gasteiger partial charge in [-0.1, -0.05) is 43.7 Å². The molecule has 2 aromatic heterocycles. The molecule has 3 rings (SSSR count). The van der Waals surface area contributed by atoms with Crippen molar-refractivity contribution in [1.29, 1.82) is 0 Å². The molecule has 0 radical (unpaired) electrons. The molecule has 0 saturated heterocycles. The Morgan fingerprint density at radius 3 is 2.38 bits per heavy atom. The highest BCUT2D eigenvalue weighted by molar-refractivity contribution is 5.99. The van der Waals surface area contributed by atoms with Crippen molar-refractivity contribution in [3.8, 4) is 11.1 Å². The van der Waals surface area contributed by atoms with Crippen molar-refractivity contribution in [3.63, 3.8) is 0 Å². The Kier molecular flexibility index (Phi) is 7.10. The highest BCUT2D eigenvalue weighted by Gasteiger charge is 2.25. The number of carbonyl (C=O) groups excluding carboxylic acids is 1. The summed E-state index contributed by atoms with van der Waals surface area (Å²) in [5.74, 6) is -1.34. The molecule has 3 aromatic rings. The zero-order valence-electron chi connectivity index (χ0n) is 18.8. The van der Waals surface area contributed by atoms with E-state index in [1.165, 1.54) is 12.1 Å². The molecule has 0 unspecified atom stereocenters. The molecule has 0 saturated carbocycles. The van der Waals surface area contributed by atoms with E-state index in [4.69, 9.17) is 25.0 Å². The minimum Gasteiger partial charge on any atom is -0.475 e. The molecule has 1 aromatic carbocycles. The highest BCUT2D eigenvalue weighted by Crippen LogP contribution is 2.33. The van der Waals surface area contributed by atoms with Crippen molar-refractivity contribution in [3.05, 3.63) is 76.0 Å². The van der Waals surface area contributed by atoms with E-state index in [0.29, 0.717) is 17.2 Å². The van der Waals surface area contributed by atoms with E-state index in [0.717, 1.165) is 34.4 Å². The molecule has 7 nitrogen and oxygen atoms in total. The van der Waals surface area contributed by atoms with Gasteiger partial charge in [-0.05, 0) is 49.4 Å². The summed E-state index contributed by atoms with van der Waals surface area (Å²) in [5.41, 5.74) is 11.5. The number of ether oxygens (including phenoxy) is 1. The van der Waals surface area contributed by atoms with Gasteiger partial charge in [-0.25, -0.2) is 9.59 Å². The average Bonchev–Trinajstić information content (AvgIpc) is 3.21. The van der Waals surface area contributed by atoms with Gasteiger partial charge in [-0.2, -0.15) is 0 Å². The molecule has 7 heteroatoms. The smallest absolute Gasteiger partial charge is 0.371 e. The van der Waals surface area contributed by atoms with E-state index in [9.17, 15) is 9.59 Å². The number of hydrogen-bond acceptors (Lipinski definition) is 6. The molecule has 0 aliphatic heterocycles. The van der Waals surface area contributed by atoms with Crippen molar-refractivity contribution in [2.75, 3.05) is 0 Å². The molecule has 3 N–H and O–H groups in total. The highest BCUT2D eigenvalue weighted by atomic mass is 16.5. The van der Waals surface area contributed by atoms with Crippen molar-refractivity contribution in [1.82, 2.24) is 4.98 Å². The summed E-state index contributed by atoms with van der Waals surface area (Å²) in [7, 11) is 0. The topological polar surface area (TPSA) is 116 Å². The van der Waals surface area contributed by atoms with E-state index in [-0.39, 0.29) is 24.7 Å². The number of pyridine rings is 1. The van der Waals surface area contributed by atoms with E-state index in [1.807, 2.05) is 31.2 Å². The number of rotatable bonds is 8. The molecule has 0 aliphatic rings. The standard InChI is InChI=1S/C25H28N2O5/c1-14(2)11-20-19(12-26)23(17-7-5-15(3)6-8-17)22(16(4)27-20)25(30)31-13-18-9-10-21(32-18)24(28)29/h5-10,14H,11-13,26H2,1-4H3,(H,28,29). The number of benzene rings is 1. The van der Waals surface area contributed by atoms with Crippen LogP contribution in [0, 0.1) is 19.8 Å². The van der Waals surface area contributed by atoms with Gasteiger partial charge in [0, 0.05) is 17.8 Å². The van der Waals surface area contributed by atoms with Crippen LogP contribution < -0.4 is 5.73 Å². The number of aryl methyl sites for hydroxylation is 2. The molecule has 0 atom stereocenters. The minimum atomic E-state index is -1.18. The number of nitrogens with two attached hydrogens (primary N) is 1. The quantitative estimate of drug-likeness (QED) is 0.493. The second-order valence-electron chi connectivity index (χ2n) is 8.19. The maximum atomic E-state index is 13.2. The summed E-state index contributed by atoms with van der Waals surface area (Å²) in [5, 5.41) is 9.00. The maximum Gasteiger partial charge on any atom is 0.371 e. The lowest BCUT2D eigenvalue weighted by Crippen LogP contribution is -2.17. The van der Waals surface area contributed by atoms with Gasteiger partial charge in [0.15, 0.2) is 0 Å². The molecular weight excluding hydrogens is 408 g/mol. The van der Waals surface area contributed by atoms with Crippen LogP contribution in [0.3, 0.4) is 0 Å². The summed E-state index contributed by atoms with van der Waals surface area (Å²) in [6, 6.07) is 10.7. The summed E-state index contributed by atoms with van der Waals surface area (Å²) >= 11 is 0. The molecule has 0 fully saturated rings. The first kappa shape index (κ1) is 23.2. The Hall–Kier alpha value is -3.45. The largest absolute Gasteiger partial charge is 0.475 e. The molecule has 0 amide bonds. The van der Waals surface area contributed by atoms with Crippen LogP contribution in [0.4, 0.5) is 0 Å². The fraction of sp³-hybridized carbons (Fsp3) is 0.320. The number of aromatic carboxylic acids is 1. The van der Waals surface area contributed by atoms with Gasteiger partial charge >= 0.3 is 11.9 Å². The Bertz CT molecular complexity index is 1130. The van der Waals surface area contributed by atoms with Crippen molar-refractivity contribution >= 4 is 11.9 Å². The van der Waals surface area contributed by atoms with E-state index >= 15 is 0 Å². The first-order valence-corrected chi connectivity index (χ1v) is 10.5. The van der Waals surface area contributed by atoms with Crippen LogP contribution in [0.1, 0.15) is 63.0 Å². The van der Waals surface area contributed by atoms with E-state index in [2.05, 4.69) is 13.8 Å². The maximum absolute atomic E-state index is 13.2. The molecule has 32 heavy (non-hydrogen) atoms. The van der Waals surface area contributed by atoms with Gasteiger partial charge in [0.1, 0.15) is 12.4 Å². The second kappa shape index (κ2) is 9.78. The summed E-state index contributed by atoms with van der Waals surface area (Å²) in [6.07, 6.45) is 0.742. The number of carbonyl (C=O) groups is 2. The zero-order chi connectivity index (χ0) is 23.4. The van der Waals surface area contributed by atoms with Gasteiger partial charge < -0.3 is 20.0 Å². The zero-order valence-corrected chi connectivity index (χ0v) is 18.8. The number of carboxylic acid groups (broad SMARTS) is 1. The van der Waals surface area contributed by atoms with Crippen LogP contribution in [0.15, 0.2) is 40.8 Å². The molecule has 168 valence electrons. The van der Waals surface area contributed by atoms with Crippen LogP contribution in [-0.4, -0.2) is 22.0 Å². The van der Waals surface area contributed by atoms with Crippen molar-refractivity contribution in [2.24, 2.45) is 11.7 Å². The summed E-state index contributed by atoms with van der Waals surface area (Å²) in [4.78, 5) is 28.9. The van der Waals surface area contributed by atoms with Crippen LogP contribution in [-0.2, 0) is 24.3 Å². The summed E-state index contributed by atoms with van der Waals surface area (Å²) in [6.45, 7) is 8.05. The van der Waals surface area contributed by atoms with E-state index < -0.39 is 11.9 Å².